The summed E-state index contributed by atoms with van der Waals surface area (Å²) in [6.45, 7) is 0. The van der Waals surface area contributed by atoms with Crippen LogP contribution in [0.4, 0.5) is 10.1 Å². The second-order valence-corrected chi connectivity index (χ2v) is 5.09. The summed E-state index contributed by atoms with van der Waals surface area (Å²) in [7, 11) is 0. The Morgan fingerprint density at radius 1 is 1.17 bits per heavy atom. The molecular weight excluding hydrogens is 297 g/mol. The molecule has 0 bridgehead atoms. The fourth-order valence-electron chi connectivity index (χ4n) is 2.27. The van der Waals surface area contributed by atoms with Gasteiger partial charge in [0.2, 0.25) is 11.8 Å². The molecule has 2 aromatic carbocycles. The number of benzene rings is 2. The second kappa shape index (κ2) is 6.02. The van der Waals surface area contributed by atoms with Crippen molar-refractivity contribution in [1.82, 2.24) is 4.98 Å². The molecule has 3 rings (SSSR count). The first-order chi connectivity index (χ1) is 11.0. The fraction of sp³-hybridized carbons (Fsp3) is 0.0588. The maximum absolute atomic E-state index is 12.9. The Bertz CT molecular complexity index is 865. The van der Waals surface area contributed by atoms with E-state index in [4.69, 9.17) is 5.73 Å². The lowest BCUT2D eigenvalue weighted by Gasteiger charge is -2.13. The van der Waals surface area contributed by atoms with Gasteiger partial charge in [0, 0.05) is 17.3 Å². The van der Waals surface area contributed by atoms with Crippen molar-refractivity contribution in [2.75, 3.05) is 5.32 Å². The first kappa shape index (κ1) is 14.9. The van der Waals surface area contributed by atoms with Crippen LogP contribution in [0.3, 0.4) is 0 Å². The molecule has 0 saturated carbocycles. The molecule has 116 valence electrons. The van der Waals surface area contributed by atoms with Gasteiger partial charge in [-0.2, -0.15) is 0 Å². The molecule has 0 spiro atoms. The van der Waals surface area contributed by atoms with Crippen LogP contribution in [0.15, 0.2) is 54.7 Å². The smallest absolute Gasteiger partial charge is 0.245 e. The summed E-state index contributed by atoms with van der Waals surface area (Å²) in [5.74, 6) is -0.931. The van der Waals surface area contributed by atoms with Gasteiger partial charge in [-0.05, 0) is 41.3 Å². The Balaban J connectivity index is 1.82. The highest BCUT2D eigenvalue weighted by Crippen LogP contribution is 2.25. The second-order valence-electron chi connectivity index (χ2n) is 5.09. The van der Waals surface area contributed by atoms with Gasteiger partial charge >= 0.3 is 0 Å². The van der Waals surface area contributed by atoms with Gasteiger partial charge in [-0.1, -0.05) is 18.2 Å². The predicted octanol–water partition coefficient (Wildman–Crippen LogP) is 2.72. The lowest BCUT2D eigenvalue weighted by atomic mass is 10.1. The molecule has 0 radical (unpaired) electrons. The number of carbonyl (C=O) groups excluding carboxylic acids is 1. The maximum atomic E-state index is 12.9. The number of carbonyl (C=O) groups is 1. The monoisotopic (exact) mass is 311 g/mol. The van der Waals surface area contributed by atoms with E-state index < -0.39 is 11.9 Å². The number of pyridine rings is 1. The van der Waals surface area contributed by atoms with Crippen molar-refractivity contribution in [2.45, 2.75) is 6.04 Å². The molecule has 5 nitrogen and oxygen atoms in total. The van der Waals surface area contributed by atoms with E-state index in [1.165, 1.54) is 30.5 Å². The van der Waals surface area contributed by atoms with Crippen LogP contribution in [0.25, 0.3) is 10.8 Å². The van der Waals surface area contributed by atoms with Crippen LogP contribution >= 0.6 is 0 Å². The van der Waals surface area contributed by atoms with Crippen molar-refractivity contribution >= 4 is 22.4 Å². The average molecular weight is 311 g/mol. The molecule has 1 aromatic heterocycles. The van der Waals surface area contributed by atoms with Gasteiger partial charge in [0.25, 0.3) is 0 Å². The van der Waals surface area contributed by atoms with Crippen LogP contribution in [0.2, 0.25) is 0 Å². The van der Waals surface area contributed by atoms with Crippen molar-refractivity contribution in [3.05, 3.63) is 66.1 Å². The van der Waals surface area contributed by atoms with Crippen molar-refractivity contribution in [3.8, 4) is 5.88 Å². The number of hydrogen-bond acceptors (Lipinski definition) is 4. The maximum Gasteiger partial charge on any atom is 0.245 e. The van der Waals surface area contributed by atoms with E-state index in [1.54, 1.807) is 24.3 Å². The summed E-state index contributed by atoms with van der Waals surface area (Å²) < 4.78 is 12.9. The molecule has 4 N–H and O–H groups in total. The van der Waals surface area contributed by atoms with Crippen molar-refractivity contribution < 1.29 is 14.3 Å². The molecule has 1 amide bonds. The van der Waals surface area contributed by atoms with Gasteiger partial charge in [-0.15, -0.1) is 0 Å². The summed E-state index contributed by atoms with van der Waals surface area (Å²) in [4.78, 5) is 16.0. The number of rotatable bonds is 3. The molecule has 0 saturated heterocycles. The lowest BCUT2D eigenvalue weighted by molar-refractivity contribution is -0.117. The van der Waals surface area contributed by atoms with E-state index in [2.05, 4.69) is 10.3 Å². The molecular formula is C17H14FN3O2. The summed E-state index contributed by atoms with van der Waals surface area (Å²) >= 11 is 0. The minimum Gasteiger partial charge on any atom is -0.493 e. The van der Waals surface area contributed by atoms with Crippen LogP contribution in [0.5, 0.6) is 5.88 Å². The van der Waals surface area contributed by atoms with E-state index >= 15 is 0 Å². The van der Waals surface area contributed by atoms with Crippen molar-refractivity contribution in [1.29, 1.82) is 0 Å². The van der Waals surface area contributed by atoms with E-state index in [1.807, 2.05) is 0 Å². The first-order valence-electron chi connectivity index (χ1n) is 6.94. The Kier molecular flexibility index (Phi) is 3.91. The number of nitrogens with two attached hydrogens (primary N) is 1. The molecule has 1 heterocycles. The standard InChI is InChI=1S/C17H14FN3O2/c18-12-4-1-11(2-5-12)15(19)17(23)21-13-6-3-10-7-8-20-16(22)14(10)9-13/h1-9,15H,19H2,(H,20,22)(H,21,23)/t15-/m1/s1. The topological polar surface area (TPSA) is 88.2 Å². The molecule has 1 atom stereocenters. The predicted molar refractivity (Wildman–Crippen MR) is 85.4 cm³/mol. The Hall–Kier alpha value is -2.99. The zero-order valence-corrected chi connectivity index (χ0v) is 12.0. The molecule has 0 fully saturated rings. The van der Waals surface area contributed by atoms with Crippen LogP contribution in [0, 0.1) is 5.82 Å². The number of amides is 1. The Labute approximate surface area is 131 Å². The highest BCUT2D eigenvalue weighted by Gasteiger charge is 2.16. The fourth-order valence-corrected chi connectivity index (χ4v) is 2.27. The zero-order chi connectivity index (χ0) is 16.4. The van der Waals surface area contributed by atoms with Gasteiger partial charge in [-0.25, -0.2) is 9.37 Å². The average Bonchev–Trinajstić information content (AvgIpc) is 2.55. The minimum absolute atomic E-state index is 0.110. The zero-order valence-electron chi connectivity index (χ0n) is 12.0. The number of nitrogens with zero attached hydrogens (tertiary/aromatic N) is 1. The van der Waals surface area contributed by atoms with E-state index in [9.17, 15) is 14.3 Å². The van der Waals surface area contributed by atoms with Gasteiger partial charge in [-0.3, -0.25) is 4.79 Å². The number of fused-ring (bicyclic) bond motifs is 1. The minimum atomic E-state index is -0.922. The van der Waals surface area contributed by atoms with Gasteiger partial charge in [0.1, 0.15) is 11.9 Å². The van der Waals surface area contributed by atoms with Crippen LogP contribution < -0.4 is 11.1 Å². The van der Waals surface area contributed by atoms with Crippen molar-refractivity contribution in [2.24, 2.45) is 5.73 Å². The summed E-state index contributed by atoms with van der Waals surface area (Å²) in [5, 5.41) is 13.8. The highest BCUT2D eigenvalue weighted by atomic mass is 19.1. The molecule has 0 aliphatic heterocycles. The number of halogens is 1. The number of aromatic hydroxyl groups is 1. The third-order valence-corrected chi connectivity index (χ3v) is 3.52. The summed E-state index contributed by atoms with van der Waals surface area (Å²) in [6.07, 6.45) is 1.50. The largest absolute Gasteiger partial charge is 0.493 e. The normalized spacial score (nSPS) is 12.1. The molecule has 6 heteroatoms. The molecule has 0 unspecified atom stereocenters. The first-order valence-corrected chi connectivity index (χ1v) is 6.94. The van der Waals surface area contributed by atoms with Gasteiger partial charge in [0.05, 0.1) is 0 Å². The number of hydrogen-bond donors (Lipinski definition) is 3. The van der Waals surface area contributed by atoms with Crippen LogP contribution in [0.1, 0.15) is 11.6 Å². The van der Waals surface area contributed by atoms with E-state index in [0.717, 1.165) is 5.39 Å². The number of anilines is 1. The third kappa shape index (κ3) is 3.12. The quantitative estimate of drug-likeness (QED) is 0.694. The van der Waals surface area contributed by atoms with Gasteiger partial charge in [0.15, 0.2) is 0 Å². The summed E-state index contributed by atoms with van der Waals surface area (Å²) in [5.41, 5.74) is 6.88. The van der Waals surface area contributed by atoms with Crippen LogP contribution in [-0.4, -0.2) is 16.0 Å². The lowest BCUT2D eigenvalue weighted by Crippen LogP contribution is -2.27. The third-order valence-electron chi connectivity index (χ3n) is 3.52. The molecule has 0 aliphatic rings. The SMILES string of the molecule is N[C@@H](C(=O)Nc1ccc2ccnc(O)c2c1)c1ccc(F)cc1. The Morgan fingerprint density at radius 2 is 1.91 bits per heavy atom. The van der Waals surface area contributed by atoms with E-state index in [-0.39, 0.29) is 11.7 Å². The van der Waals surface area contributed by atoms with E-state index in [0.29, 0.717) is 16.6 Å². The number of nitrogens with one attached hydrogen (secondary N) is 1. The summed E-state index contributed by atoms with van der Waals surface area (Å²) in [6, 6.07) is 11.4. The van der Waals surface area contributed by atoms with Gasteiger partial charge < -0.3 is 16.2 Å². The molecule has 0 aliphatic carbocycles. The van der Waals surface area contributed by atoms with Crippen LogP contribution in [-0.2, 0) is 4.79 Å². The number of aromatic nitrogens is 1. The highest BCUT2D eigenvalue weighted by molar-refractivity contribution is 5.98. The molecule has 3 aromatic rings. The van der Waals surface area contributed by atoms with Crippen molar-refractivity contribution in [3.63, 3.8) is 0 Å². The molecule has 23 heavy (non-hydrogen) atoms. The Morgan fingerprint density at radius 3 is 2.65 bits per heavy atom.